The van der Waals surface area contributed by atoms with Gasteiger partial charge in [-0.1, -0.05) is 89.7 Å². The average molecular weight is 627 g/mol. The molecule has 0 amide bonds. The molecular weight excluding hydrogens is 601 g/mol. The molecule has 3 aliphatic carbocycles. The first-order chi connectivity index (χ1) is 24.6. The van der Waals surface area contributed by atoms with E-state index in [2.05, 4.69) is 108 Å². The second kappa shape index (κ2) is 12.7. The monoisotopic (exact) mass is 626 g/mol. The Kier molecular flexibility index (Phi) is 7.63. The topological polar surface area (TPSA) is 0 Å². The van der Waals surface area contributed by atoms with Crippen molar-refractivity contribution in [1.29, 1.82) is 0 Å². The van der Waals surface area contributed by atoms with Crippen molar-refractivity contribution in [3.63, 3.8) is 0 Å². The van der Waals surface area contributed by atoms with Gasteiger partial charge in [0.2, 0.25) is 0 Å². The number of hydrogen-bond donors (Lipinski definition) is 0. The largest absolute Gasteiger partial charge is 0.115 e. The van der Waals surface area contributed by atoms with Gasteiger partial charge in [0.25, 0.3) is 0 Å². The Hall–Kier alpha value is -7.32. The molecule has 0 aliphatic heterocycles. The quantitative estimate of drug-likeness (QED) is 0.148. The molecule has 6 aromatic rings. The molecule has 6 aromatic carbocycles. The average Bonchev–Trinajstić information content (AvgIpc) is 3.18. The molecule has 0 atom stereocenters. The molecule has 50 heavy (non-hydrogen) atoms. The van der Waals surface area contributed by atoms with E-state index in [-0.39, 0.29) is 11.8 Å². The Morgan fingerprint density at radius 1 is 0.280 bits per heavy atom. The summed E-state index contributed by atoms with van der Waals surface area (Å²) in [4.78, 5) is 0. The Bertz CT molecular complexity index is 2410. The van der Waals surface area contributed by atoms with Gasteiger partial charge >= 0.3 is 0 Å². The van der Waals surface area contributed by atoms with Gasteiger partial charge in [-0.3, -0.25) is 0 Å². The molecule has 0 aromatic heterocycles. The van der Waals surface area contributed by atoms with E-state index in [0.29, 0.717) is 0 Å². The van der Waals surface area contributed by atoms with Crippen LogP contribution in [0.3, 0.4) is 0 Å². The molecule has 0 radical (unpaired) electrons. The van der Waals surface area contributed by atoms with Crippen LogP contribution < -0.4 is 0 Å². The van der Waals surface area contributed by atoms with Gasteiger partial charge in [0.05, 0.1) is 0 Å². The second-order valence-corrected chi connectivity index (χ2v) is 12.3. The minimum atomic E-state index is 0.00422. The first kappa shape index (κ1) is 30.0. The van der Waals surface area contributed by atoms with Gasteiger partial charge in [-0.15, -0.1) is 19.3 Å². The molecular formula is C50H26. The van der Waals surface area contributed by atoms with Crippen LogP contribution in [0.1, 0.15) is 95.3 Å². The predicted molar refractivity (Wildman–Crippen MR) is 202 cm³/mol. The third-order valence-corrected chi connectivity index (χ3v) is 9.27. The third kappa shape index (κ3) is 5.63. The summed E-state index contributed by atoms with van der Waals surface area (Å²) < 4.78 is 0. The van der Waals surface area contributed by atoms with Gasteiger partial charge < -0.3 is 0 Å². The molecule has 0 fully saturated rings. The molecule has 9 rings (SSSR count). The smallest absolute Gasteiger partial charge is 0.0350 e. The molecule has 0 saturated heterocycles. The van der Waals surface area contributed by atoms with Crippen LogP contribution in [0.15, 0.2) is 127 Å². The van der Waals surface area contributed by atoms with Crippen molar-refractivity contribution in [3.05, 3.63) is 211 Å². The standard InChI is InChI=1S/C50H26/c1-4-34-10-7-13-37(28-34)16-19-40-22-25-43-46(31-40)50-47-32-41(20-17-38-14-8-11-35(5-2)29-38)23-26-44(47)49(43)45-27-24-42(33-48(45)50)21-18-39-15-9-12-36(6-3)30-39/h1-3,7-15,22-33,49-50H. The molecule has 2 bridgehead atoms. The highest BCUT2D eigenvalue weighted by atomic mass is 14.4. The highest BCUT2D eigenvalue weighted by Gasteiger charge is 2.41. The molecule has 0 N–H and O–H groups in total. The highest BCUT2D eigenvalue weighted by molar-refractivity contribution is 5.71. The maximum atomic E-state index is 5.63. The van der Waals surface area contributed by atoms with E-state index >= 15 is 0 Å². The molecule has 0 heterocycles. The van der Waals surface area contributed by atoms with Crippen molar-refractivity contribution in [2.75, 3.05) is 0 Å². The number of benzene rings is 6. The molecule has 226 valence electrons. The summed E-state index contributed by atoms with van der Waals surface area (Å²) in [7, 11) is 0. The zero-order valence-corrected chi connectivity index (χ0v) is 27.0. The molecule has 0 unspecified atom stereocenters. The van der Waals surface area contributed by atoms with Crippen molar-refractivity contribution in [1.82, 2.24) is 0 Å². The lowest BCUT2D eigenvalue weighted by molar-refractivity contribution is 0.753. The van der Waals surface area contributed by atoms with Gasteiger partial charge in [0.1, 0.15) is 0 Å². The summed E-state index contributed by atoms with van der Waals surface area (Å²) in [5.74, 6) is 28.3. The van der Waals surface area contributed by atoms with E-state index < -0.39 is 0 Å². The van der Waals surface area contributed by atoms with Crippen LogP contribution >= 0.6 is 0 Å². The third-order valence-electron chi connectivity index (χ3n) is 9.27. The van der Waals surface area contributed by atoms with Crippen LogP contribution in [0.25, 0.3) is 0 Å². The Morgan fingerprint density at radius 3 is 0.840 bits per heavy atom. The summed E-state index contributed by atoms with van der Waals surface area (Å²) in [6, 6.07) is 43.2. The van der Waals surface area contributed by atoms with Gasteiger partial charge in [0.15, 0.2) is 0 Å². The molecule has 0 spiro atoms. The second-order valence-electron chi connectivity index (χ2n) is 12.3. The van der Waals surface area contributed by atoms with Crippen molar-refractivity contribution in [2.24, 2.45) is 0 Å². The summed E-state index contributed by atoms with van der Waals surface area (Å²) in [6.45, 7) is 0. The summed E-state index contributed by atoms with van der Waals surface area (Å²) >= 11 is 0. The Labute approximate surface area is 294 Å². The Morgan fingerprint density at radius 2 is 0.540 bits per heavy atom. The lowest BCUT2D eigenvalue weighted by atomic mass is 9.60. The minimum absolute atomic E-state index is 0.00422. The van der Waals surface area contributed by atoms with Crippen LogP contribution in [0.2, 0.25) is 0 Å². The highest BCUT2D eigenvalue weighted by Crippen LogP contribution is 2.56. The summed E-state index contributed by atoms with van der Waals surface area (Å²) in [5, 5.41) is 0. The summed E-state index contributed by atoms with van der Waals surface area (Å²) in [5.41, 5.74) is 15.7. The predicted octanol–water partition coefficient (Wildman–Crippen LogP) is 8.82. The SMILES string of the molecule is C#Cc1cccc(C#Cc2ccc3c(c2)C2c4cc(C#Cc5cccc(C#C)c5)ccc4C3c3ccc(C#Cc4cccc(C#C)c4)cc32)c1. The van der Waals surface area contributed by atoms with E-state index in [1.165, 1.54) is 33.4 Å². The van der Waals surface area contributed by atoms with Crippen LogP contribution in [0.5, 0.6) is 0 Å². The lowest BCUT2D eigenvalue weighted by Crippen LogP contribution is -2.27. The van der Waals surface area contributed by atoms with E-state index in [9.17, 15) is 0 Å². The van der Waals surface area contributed by atoms with E-state index in [0.717, 1.165) is 50.1 Å². The molecule has 0 saturated carbocycles. The number of hydrogen-bond acceptors (Lipinski definition) is 0. The van der Waals surface area contributed by atoms with Crippen LogP contribution in [0.4, 0.5) is 0 Å². The number of rotatable bonds is 0. The maximum absolute atomic E-state index is 5.63. The fraction of sp³-hybridized carbons (Fsp3) is 0.0400. The maximum Gasteiger partial charge on any atom is 0.0350 e. The van der Waals surface area contributed by atoms with E-state index in [1.54, 1.807) is 0 Å². The lowest BCUT2D eigenvalue weighted by Gasteiger charge is -2.42. The number of terminal acetylenes is 3. The summed E-state index contributed by atoms with van der Waals surface area (Å²) in [6.07, 6.45) is 16.9. The van der Waals surface area contributed by atoms with Gasteiger partial charge in [-0.05, 0) is 124 Å². The zero-order valence-electron chi connectivity index (χ0n) is 27.0. The molecule has 3 aliphatic rings. The zero-order chi connectivity index (χ0) is 34.0. The van der Waals surface area contributed by atoms with Crippen molar-refractivity contribution in [3.8, 4) is 72.6 Å². The van der Waals surface area contributed by atoms with Gasteiger partial charge in [-0.2, -0.15) is 0 Å². The fourth-order valence-electron chi connectivity index (χ4n) is 6.99. The van der Waals surface area contributed by atoms with Crippen LogP contribution in [-0.2, 0) is 0 Å². The van der Waals surface area contributed by atoms with E-state index in [1.807, 2.05) is 72.8 Å². The first-order valence-electron chi connectivity index (χ1n) is 16.3. The molecule has 0 nitrogen and oxygen atoms in total. The van der Waals surface area contributed by atoms with Crippen LogP contribution in [0, 0.1) is 72.6 Å². The molecule has 0 heteroatoms. The van der Waals surface area contributed by atoms with Crippen molar-refractivity contribution < 1.29 is 0 Å². The Balaban J connectivity index is 1.23. The normalized spacial score (nSPS) is 13.9. The van der Waals surface area contributed by atoms with Crippen molar-refractivity contribution >= 4 is 0 Å². The van der Waals surface area contributed by atoms with Gasteiger partial charge in [0, 0.05) is 61.9 Å². The fourth-order valence-corrected chi connectivity index (χ4v) is 6.99. The van der Waals surface area contributed by atoms with E-state index in [4.69, 9.17) is 19.3 Å². The first-order valence-corrected chi connectivity index (χ1v) is 16.3. The van der Waals surface area contributed by atoms with Crippen LogP contribution in [-0.4, -0.2) is 0 Å². The van der Waals surface area contributed by atoms with Gasteiger partial charge in [-0.25, -0.2) is 0 Å². The minimum Gasteiger partial charge on any atom is -0.115 e. The van der Waals surface area contributed by atoms with Crippen molar-refractivity contribution in [2.45, 2.75) is 11.8 Å².